The molecule has 0 spiro atoms. The van der Waals surface area contributed by atoms with Crippen molar-refractivity contribution < 1.29 is 17.9 Å². The Labute approximate surface area is 76.3 Å². The van der Waals surface area contributed by atoms with E-state index in [4.69, 9.17) is 0 Å². The van der Waals surface area contributed by atoms with Crippen molar-refractivity contribution in [3.63, 3.8) is 0 Å². The van der Waals surface area contributed by atoms with Gasteiger partial charge in [-0.3, -0.25) is 4.74 Å². The van der Waals surface area contributed by atoms with Gasteiger partial charge in [0.25, 0.3) is 0 Å². The summed E-state index contributed by atoms with van der Waals surface area (Å²) >= 11 is 0. The normalized spacial score (nSPS) is 30.5. The third-order valence-corrected chi connectivity index (χ3v) is 2.67. The van der Waals surface area contributed by atoms with Crippen LogP contribution in [0.25, 0.3) is 0 Å². The van der Waals surface area contributed by atoms with Gasteiger partial charge >= 0.3 is 6.36 Å². The number of rotatable bonds is 2. The minimum Gasteiger partial charge on any atom is -0.289 e. The van der Waals surface area contributed by atoms with Crippen molar-refractivity contribution in [2.45, 2.75) is 51.5 Å². The topological polar surface area (TPSA) is 9.23 Å². The summed E-state index contributed by atoms with van der Waals surface area (Å²) in [7, 11) is 0. The molecule has 1 nitrogen and oxygen atoms in total. The fourth-order valence-corrected chi connectivity index (χ4v) is 1.85. The molecule has 0 unspecified atom stereocenters. The van der Waals surface area contributed by atoms with Crippen molar-refractivity contribution in [2.75, 3.05) is 0 Å². The molecule has 1 aliphatic carbocycles. The fourth-order valence-electron chi connectivity index (χ4n) is 1.85. The highest BCUT2D eigenvalue weighted by atomic mass is 19.4. The standard InChI is InChI=1S/C9H15F3O/c1-2-7-3-5-8(6-4-7)13-9(10,11)12/h7-8H,2-6H2,1H3/t7-,8-. The fraction of sp³-hybridized carbons (Fsp3) is 1.00. The zero-order chi connectivity index (χ0) is 9.90. The van der Waals surface area contributed by atoms with Gasteiger partial charge < -0.3 is 0 Å². The zero-order valence-corrected chi connectivity index (χ0v) is 7.73. The molecule has 0 atom stereocenters. The Morgan fingerprint density at radius 2 is 1.69 bits per heavy atom. The van der Waals surface area contributed by atoms with Crippen molar-refractivity contribution in [1.82, 2.24) is 0 Å². The molecule has 0 aliphatic heterocycles. The summed E-state index contributed by atoms with van der Waals surface area (Å²) < 4.78 is 39.4. The van der Waals surface area contributed by atoms with Crippen LogP contribution in [0.4, 0.5) is 13.2 Å². The molecule has 0 N–H and O–H groups in total. The molecular formula is C9H15F3O. The van der Waals surface area contributed by atoms with Crippen LogP contribution in [0.15, 0.2) is 0 Å². The molecule has 4 heteroatoms. The number of halogens is 3. The van der Waals surface area contributed by atoms with Crippen LogP contribution in [0.3, 0.4) is 0 Å². The minimum atomic E-state index is -4.45. The molecule has 0 bridgehead atoms. The first-order valence-corrected chi connectivity index (χ1v) is 4.76. The van der Waals surface area contributed by atoms with Crippen LogP contribution in [0.2, 0.25) is 0 Å². The van der Waals surface area contributed by atoms with Crippen LogP contribution in [0.1, 0.15) is 39.0 Å². The highest BCUT2D eigenvalue weighted by Crippen LogP contribution is 2.31. The highest BCUT2D eigenvalue weighted by molar-refractivity contribution is 4.72. The van der Waals surface area contributed by atoms with Crippen molar-refractivity contribution >= 4 is 0 Å². The lowest BCUT2D eigenvalue weighted by Gasteiger charge is -2.28. The van der Waals surface area contributed by atoms with Crippen molar-refractivity contribution in [1.29, 1.82) is 0 Å². The molecule has 1 saturated carbocycles. The predicted molar refractivity (Wildman–Crippen MR) is 43.2 cm³/mol. The molecule has 13 heavy (non-hydrogen) atoms. The van der Waals surface area contributed by atoms with Crippen LogP contribution in [0, 0.1) is 5.92 Å². The first-order valence-electron chi connectivity index (χ1n) is 4.76. The zero-order valence-electron chi connectivity index (χ0n) is 7.73. The number of alkyl halides is 3. The van der Waals surface area contributed by atoms with Crippen LogP contribution in [-0.2, 0) is 4.74 Å². The van der Waals surface area contributed by atoms with Gasteiger partial charge in [0.1, 0.15) is 0 Å². The van der Waals surface area contributed by atoms with E-state index in [1.807, 2.05) is 0 Å². The van der Waals surface area contributed by atoms with Crippen LogP contribution in [-0.4, -0.2) is 12.5 Å². The number of hydrogen-bond donors (Lipinski definition) is 0. The molecule has 0 heterocycles. The molecule has 0 saturated heterocycles. The second-order valence-electron chi connectivity index (χ2n) is 3.61. The van der Waals surface area contributed by atoms with Gasteiger partial charge in [-0.2, -0.15) is 0 Å². The second-order valence-corrected chi connectivity index (χ2v) is 3.61. The summed E-state index contributed by atoms with van der Waals surface area (Å²) in [5, 5.41) is 0. The molecule has 0 amide bonds. The Hall–Kier alpha value is -0.250. The monoisotopic (exact) mass is 196 g/mol. The SMILES string of the molecule is CC[C@H]1CC[C@H](OC(F)(F)F)CC1. The Morgan fingerprint density at radius 1 is 1.15 bits per heavy atom. The van der Waals surface area contributed by atoms with Crippen molar-refractivity contribution in [3.8, 4) is 0 Å². The van der Waals surface area contributed by atoms with E-state index < -0.39 is 12.5 Å². The highest BCUT2D eigenvalue weighted by Gasteiger charge is 2.34. The van der Waals surface area contributed by atoms with Gasteiger partial charge in [0, 0.05) is 0 Å². The van der Waals surface area contributed by atoms with E-state index in [2.05, 4.69) is 11.7 Å². The van der Waals surface area contributed by atoms with E-state index in [1.54, 1.807) is 0 Å². The summed E-state index contributed by atoms with van der Waals surface area (Å²) in [5.74, 6) is 0.605. The number of ether oxygens (including phenoxy) is 1. The lowest BCUT2D eigenvalue weighted by atomic mass is 9.86. The second kappa shape index (κ2) is 4.31. The van der Waals surface area contributed by atoms with Crippen molar-refractivity contribution in [3.05, 3.63) is 0 Å². The molecule has 1 rings (SSSR count). The van der Waals surface area contributed by atoms with E-state index >= 15 is 0 Å². The largest absolute Gasteiger partial charge is 0.522 e. The maximum atomic E-state index is 11.8. The number of hydrogen-bond acceptors (Lipinski definition) is 1. The van der Waals surface area contributed by atoms with Gasteiger partial charge in [-0.15, -0.1) is 13.2 Å². The van der Waals surface area contributed by atoms with E-state index in [1.165, 1.54) is 0 Å². The summed E-state index contributed by atoms with van der Waals surface area (Å²) in [6, 6.07) is 0. The van der Waals surface area contributed by atoms with Gasteiger partial charge in [-0.1, -0.05) is 13.3 Å². The molecular weight excluding hydrogens is 181 g/mol. The smallest absolute Gasteiger partial charge is 0.289 e. The summed E-state index contributed by atoms with van der Waals surface area (Å²) in [6.07, 6.45) is -1.13. The molecule has 0 aromatic heterocycles. The molecule has 0 radical (unpaired) electrons. The van der Waals surface area contributed by atoms with Gasteiger partial charge in [0.15, 0.2) is 0 Å². The summed E-state index contributed by atoms with van der Waals surface area (Å²) in [4.78, 5) is 0. The average Bonchev–Trinajstić information content (AvgIpc) is 2.03. The van der Waals surface area contributed by atoms with Crippen molar-refractivity contribution in [2.24, 2.45) is 5.92 Å². The molecule has 78 valence electrons. The van der Waals surface area contributed by atoms with Crippen LogP contribution < -0.4 is 0 Å². The Morgan fingerprint density at radius 3 is 2.08 bits per heavy atom. The molecule has 0 aromatic rings. The first kappa shape index (κ1) is 10.8. The quantitative estimate of drug-likeness (QED) is 0.656. The van der Waals surface area contributed by atoms with Gasteiger partial charge in [0.05, 0.1) is 6.10 Å². The Kier molecular flexibility index (Phi) is 3.59. The Bertz CT molecular complexity index is 147. The van der Waals surface area contributed by atoms with Gasteiger partial charge in [0.2, 0.25) is 0 Å². The third-order valence-electron chi connectivity index (χ3n) is 2.67. The van der Waals surface area contributed by atoms with E-state index in [9.17, 15) is 13.2 Å². The lowest BCUT2D eigenvalue weighted by molar-refractivity contribution is -0.345. The molecule has 0 aromatic carbocycles. The first-order chi connectivity index (χ1) is 6.01. The summed E-state index contributed by atoms with van der Waals surface area (Å²) in [6.45, 7) is 2.08. The predicted octanol–water partition coefficient (Wildman–Crippen LogP) is 3.49. The molecule has 1 aliphatic rings. The van der Waals surface area contributed by atoms with E-state index in [0.29, 0.717) is 18.8 Å². The van der Waals surface area contributed by atoms with E-state index in [0.717, 1.165) is 19.3 Å². The Balaban J connectivity index is 2.25. The van der Waals surface area contributed by atoms with E-state index in [-0.39, 0.29) is 0 Å². The van der Waals surface area contributed by atoms with Gasteiger partial charge in [-0.25, -0.2) is 0 Å². The molecule has 1 fully saturated rings. The minimum absolute atomic E-state index is 0.554. The maximum Gasteiger partial charge on any atom is 0.522 e. The average molecular weight is 196 g/mol. The summed E-state index contributed by atoms with van der Waals surface area (Å²) in [5.41, 5.74) is 0. The van der Waals surface area contributed by atoms with Gasteiger partial charge in [-0.05, 0) is 31.6 Å². The lowest BCUT2D eigenvalue weighted by Crippen LogP contribution is -2.28. The maximum absolute atomic E-state index is 11.8. The third kappa shape index (κ3) is 3.98. The van der Waals surface area contributed by atoms with Crippen LogP contribution >= 0.6 is 0 Å². The van der Waals surface area contributed by atoms with Crippen LogP contribution in [0.5, 0.6) is 0 Å².